The van der Waals surface area contributed by atoms with Crippen molar-refractivity contribution in [3.05, 3.63) is 12.2 Å². The van der Waals surface area contributed by atoms with Gasteiger partial charge in [-0.15, -0.1) is 0 Å². The van der Waals surface area contributed by atoms with E-state index in [9.17, 15) is 4.79 Å². The van der Waals surface area contributed by atoms with Gasteiger partial charge in [0, 0.05) is 29.7 Å². The first-order valence-corrected chi connectivity index (χ1v) is 11.8. The summed E-state index contributed by atoms with van der Waals surface area (Å²) in [5.74, 6) is 1.57. The fourth-order valence-electron chi connectivity index (χ4n) is 10.0. The Bertz CT molecular complexity index is 813. The summed E-state index contributed by atoms with van der Waals surface area (Å²) in [4.78, 5) is 14.7. The molecule has 4 aliphatic heterocycles. The summed E-state index contributed by atoms with van der Waals surface area (Å²) >= 11 is 0. The Morgan fingerprint density at radius 2 is 2.03 bits per heavy atom. The van der Waals surface area contributed by atoms with Gasteiger partial charge in [-0.1, -0.05) is 19.9 Å². The number of nitrogens with zero attached hydrogens (tertiary/aromatic N) is 1. The van der Waals surface area contributed by atoms with Crippen molar-refractivity contribution in [3.8, 4) is 0 Å². The quantitative estimate of drug-likeness (QED) is 0.499. The molecule has 9 rings (SSSR count). The number of rotatable bonds is 1. The predicted molar refractivity (Wildman–Crippen MR) is 106 cm³/mol. The van der Waals surface area contributed by atoms with Crippen LogP contribution in [0.15, 0.2) is 12.2 Å². The van der Waals surface area contributed by atoms with Crippen LogP contribution in [0.3, 0.4) is 0 Å². The van der Waals surface area contributed by atoms with Crippen LogP contribution in [0.2, 0.25) is 0 Å². The molecule has 158 valence electrons. The van der Waals surface area contributed by atoms with E-state index in [0.717, 1.165) is 26.0 Å². The van der Waals surface area contributed by atoms with Crippen molar-refractivity contribution in [2.75, 3.05) is 13.2 Å². The highest BCUT2D eigenvalue weighted by molar-refractivity contribution is 5.67. The second-order valence-electron chi connectivity index (χ2n) is 11.4. The predicted octanol–water partition coefficient (Wildman–Crippen LogP) is 3.48. The molecular formula is C24H33NO4. The molecule has 5 nitrogen and oxygen atoms in total. The molecule has 5 aliphatic carbocycles. The van der Waals surface area contributed by atoms with E-state index in [1.807, 2.05) is 0 Å². The highest BCUT2D eigenvalue weighted by Gasteiger charge is 2.81. The van der Waals surface area contributed by atoms with Gasteiger partial charge in [0.15, 0.2) is 0 Å². The first kappa shape index (κ1) is 17.7. The number of carbonyl (C=O) groups excluding carboxylic acids is 1. The standard InChI is InChI=1S/C24H33NO4/c1-13-15-5-8-24(19(13)28-14(2)26)17(11-15)23-7-4-6-22(3)16(23)12-18(24)29-21(23)25-9-10-27-20(22)25/h15-21H,1,4-12H2,2-3H3/t15-,16+,17-,18+,19+,20+,21-,22+,23-,24+/m0/s1. The molecule has 0 N–H and O–H groups in total. The van der Waals surface area contributed by atoms with Gasteiger partial charge in [0.1, 0.15) is 18.6 Å². The van der Waals surface area contributed by atoms with Crippen molar-refractivity contribution < 1.29 is 19.0 Å². The van der Waals surface area contributed by atoms with Gasteiger partial charge in [-0.3, -0.25) is 4.79 Å². The van der Waals surface area contributed by atoms with E-state index < -0.39 is 0 Å². The lowest BCUT2D eigenvalue weighted by molar-refractivity contribution is -0.422. The number of piperidine rings is 1. The molecule has 7 bridgehead atoms. The van der Waals surface area contributed by atoms with Crippen molar-refractivity contribution in [1.82, 2.24) is 4.90 Å². The second kappa shape index (κ2) is 5.28. The maximum atomic E-state index is 12.1. The van der Waals surface area contributed by atoms with Gasteiger partial charge in [0.2, 0.25) is 0 Å². The number of ether oxygens (including phenoxy) is 3. The van der Waals surface area contributed by atoms with Crippen LogP contribution >= 0.6 is 0 Å². The minimum atomic E-state index is -0.169. The molecule has 0 aromatic carbocycles. The van der Waals surface area contributed by atoms with Crippen molar-refractivity contribution in [2.24, 2.45) is 34.0 Å². The minimum Gasteiger partial charge on any atom is -0.457 e. The van der Waals surface area contributed by atoms with Crippen LogP contribution in [0.4, 0.5) is 0 Å². The number of carbonyl (C=O) groups is 1. The zero-order valence-corrected chi connectivity index (χ0v) is 17.7. The Balaban J connectivity index is 1.42. The minimum absolute atomic E-state index is 0.0594. The van der Waals surface area contributed by atoms with E-state index in [-0.39, 0.29) is 46.9 Å². The Hall–Kier alpha value is -0.910. The maximum absolute atomic E-state index is 12.1. The summed E-state index contributed by atoms with van der Waals surface area (Å²) in [5.41, 5.74) is 1.51. The number of esters is 1. The molecule has 5 heteroatoms. The monoisotopic (exact) mass is 399 g/mol. The molecule has 9 aliphatic rings. The Kier molecular flexibility index (Phi) is 3.23. The third-order valence-electron chi connectivity index (χ3n) is 10.7. The molecule has 9 fully saturated rings. The largest absolute Gasteiger partial charge is 0.457 e. The molecule has 0 radical (unpaired) electrons. The third-order valence-corrected chi connectivity index (χ3v) is 10.7. The van der Waals surface area contributed by atoms with Crippen molar-refractivity contribution in [3.63, 3.8) is 0 Å². The Morgan fingerprint density at radius 3 is 2.86 bits per heavy atom. The molecular weight excluding hydrogens is 366 g/mol. The van der Waals surface area contributed by atoms with Crippen molar-refractivity contribution in [1.29, 1.82) is 0 Å². The number of fused-ring (bicyclic) bond motifs is 4. The summed E-state index contributed by atoms with van der Waals surface area (Å²) in [7, 11) is 0. The van der Waals surface area contributed by atoms with Crippen LogP contribution in [0, 0.1) is 34.0 Å². The average molecular weight is 400 g/mol. The van der Waals surface area contributed by atoms with Gasteiger partial charge >= 0.3 is 5.97 Å². The summed E-state index contributed by atoms with van der Waals surface area (Å²) in [6.07, 6.45) is 8.86. The fourth-order valence-corrected chi connectivity index (χ4v) is 10.0. The molecule has 29 heavy (non-hydrogen) atoms. The first-order chi connectivity index (χ1) is 13.9. The Morgan fingerprint density at radius 1 is 1.17 bits per heavy atom. The lowest BCUT2D eigenvalue weighted by Crippen LogP contribution is -2.83. The zero-order chi connectivity index (χ0) is 19.8. The fraction of sp³-hybridized carbons (Fsp3) is 0.875. The van der Waals surface area contributed by atoms with E-state index in [4.69, 9.17) is 14.2 Å². The summed E-state index contributed by atoms with van der Waals surface area (Å²) in [6, 6.07) is 0. The smallest absolute Gasteiger partial charge is 0.303 e. The van der Waals surface area contributed by atoms with E-state index >= 15 is 0 Å². The van der Waals surface area contributed by atoms with Gasteiger partial charge in [0.05, 0.1) is 12.7 Å². The van der Waals surface area contributed by atoms with Gasteiger partial charge in [-0.05, 0) is 61.9 Å². The number of hydrogen-bond acceptors (Lipinski definition) is 5. The number of hydrogen-bond donors (Lipinski definition) is 0. The lowest BCUT2D eigenvalue weighted by Gasteiger charge is -2.80. The van der Waals surface area contributed by atoms with Gasteiger partial charge in [-0.25, -0.2) is 4.90 Å². The molecule has 4 heterocycles. The maximum Gasteiger partial charge on any atom is 0.303 e. The van der Waals surface area contributed by atoms with Crippen molar-refractivity contribution in [2.45, 2.75) is 83.5 Å². The topological polar surface area (TPSA) is 48.0 Å². The van der Waals surface area contributed by atoms with Gasteiger partial charge < -0.3 is 14.2 Å². The van der Waals surface area contributed by atoms with Crippen LogP contribution in [0.5, 0.6) is 0 Å². The van der Waals surface area contributed by atoms with Crippen LogP contribution in [-0.4, -0.2) is 48.7 Å². The second-order valence-corrected chi connectivity index (χ2v) is 11.4. The van der Waals surface area contributed by atoms with E-state index in [1.165, 1.54) is 37.7 Å². The average Bonchev–Trinajstić information content (AvgIpc) is 3.19. The summed E-state index contributed by atoms with van der Waals surface area (Å²) in [6.45, 7) is 10.3. The molecule has 0 unspecified atom stereocenters. The van der Waals surface area contributed by atoms with E-state index in [2.05, 4.69) is 18.4 Å². The van der Waals surface area contributed by atoms with Crippen LogP contribution < -0.4 is 0 Å². The normalized spacial score (nSPS) is 59.4. The molecule has 10 atom stereocenters. The molecule has 0 aromatic rings. The van der Waals surface area contributed by atoms with Gasteiger partial charge in [-0.2, -0.15) is 0 Å². The van der Waals surface area contributed by atoms with Crippen molar-refractivity contribution >= 4 is 5.97 Å². The lowest BCUT2D eigenvalue weighted by atomic mass is 9.32. The van der Waals surface area contributed by atoms with Gasteiger partial charge in [0.25, 0.3) is 0 Å². The highest BCUT2D eigenvalue weighted by Crippen LogP contribution is 2.79. The third kappa shape index (κ3) is 1.74. The van der Waals surface area contributed by atoms with E-state index in [0.29, 0.717) is 17.8 Å². The molecule has 4 saturated heterocycles. The highest BCUT2D eigenvalue weighted by atomic mass is 16.6. The van der Waals surface area contributed by atoms with Crippen LogP contribution in [-0.2, 0) is 19.0 Å². The Labute approximate surface area is 173 Å². The van der Waals surface area contributed by atoms with Crippen LogP contribution in [0.1, 0.15) is 58.8 Å². The molecule has 0 amide bonds. The zero-order valence-electron chi connectivity index (χ0n) is 17.7. The summed E-state index contributed by atoms with van der Waals surface area (Å²) < 4.78 is 19.5. The summed E-state index contributed by atoms with van der Waals surface area (Å²) in [5, 5.41) is 0. The van der Waals surface area contributed by atoms with Crippen LogP contribution in [0.25, 0.3) is 0 Å². The first-order valence-electron chi connectivity index (χ1n) is 11.8. The molecule has 2 spiro atoms. The SMILES string of the molecule is C=C1[C@H]2CC[C@]3([C@@H](C2)[C@]24CCC[C@]5(C)[C@H]2C[C@H]3O[C@@H]4N2CCO[C@@H]25)[C@@H]1OC(C)=O. The molecule has 0 aromatic heterocycles. The van der Waals surface area contributed by atoms with E-state index in [1.54, 1.807) is 6.92 Å². The molecule has 5 saturated carbocycles.